The Morgan fingerprint density at radius 1 is 1.30 bits per heavy atom. The second-order valence-electron chi connectivity index (χ2n) is 5.31. The summed E-state index contributed by atoms with van der Waals surface area (Å²) < 4.78 is 0. The molecule has 1 aliphatic heterocycles. The Hall–Kier alpha value is -1.88. The number of carbonyl (C=O) groups excluding carboxylic acids is 2. The molecular weight excluding hydrogens is 254 g/mol. The maximum Gasteiger partial charge on any atom is 0.244 e. The van der Waals surface area contributed by atoms with Crippen LogP contribution in [0, 0.1) is 0 Å². The molecule has 0 spiro atoms. The van der Waals surface area contributed by atoms with E-state index in [0.717, 1.165) is 12.0 Å². The van der Waals surface area contributed by atoms with Gasteiger partial charge in [-0.1, -0.05) is 30.3 Å². The van der Waals surface area contributed by atoms with Gasteiger partial charge >= 0.3 is 0 Å². The molecule has 1 aromatic carbocycles. The summed E-state index contributed by atoms with van der Waals surface area (Å²) in [6, 6.07) is 8.20. The van der Waals surface area contributed by atoms with Gasteiger partial charge in [-0.15, -0.1) is 0 Å². The SMILES string of the molecule is CN(C)C(=O)C1CCCN1C(=O)[C@@H](N)c1ccccc1. The van der Waals surface area contributed by atoms with E-state index in [1.807, 2.05) is 30.3 Å². The summed E-state index contributed by atoms with van der Waals surface area (Å²) >= 11 is 0. The number of rotatable bonds is 3. The molecule has 0 bridgehead atoms. The Balaban J connectivity index is 2.14. The fraction of sp³-hybridized carbons (Fsp3) is 0.467. The Bertz CT molecular complexity index is 487. The second-order valence-corrected chi connectivity index (χ2v) is 5.31. The highest BCUT2D eigenvalue weighted by atomic mass is 16.2. The predicted octanol–water partition coefficient (Wildman–Crippen LogP) is 0.766. The summed E-state index contributed by atoms with van der Waals surface area (Å²) in [5.74, 6) is -0.204. The Kier molecular flexibility index (Phi) is 4.39. The molecule has 0 saturated carbocycles. The maximum absolute atomic E-state index is 12.5. The summed E-state index contributed by atoms with van der Waals surface area (Å²) in [5, 5.41) is 0. The monoisotopic (exact) mass is 275 g/mol. The van der Waals surface area contributed by atoms with E-state index in [1.54, 1.807) is 19.0 Å². The fourth-order valence-electron chi connectivity index (χ4n) is 2.57. The number of hydrogen-bond acceptors (Lipinski definition) is 3. The number of nitrogens with two attached hydrogens (primary N) is 1. The molecule has 1 aromatic rings. The number of carbonyl (C=O) groups is 2. The highest BCUT2D eigenvalue weighted by Gasteiger charge is 2.37. The van der Waals surface area contributed by atoms with Crippen LogP contribution in [0.5, 0.6) is 0 Å². The van der Waals surface area contributed by atoms with Gasteiger partial charge < -0.3 is 15.5 Å². The van der Waals surface area contributed by atoms with Crippen molar-refractivity contribution < 1.29 is 9.59 Å². The van der Waals surface area contributed by atoms with Gasteiger partial charge in [0.2, 0.25) is 11.8 Å². The minimum Gasteiger partial charge on any atom is -0.347 e. The molecule has 0 radical (unpaired) electrons. The van der Waals surface area contributed by atoms with Gasteiger partial charge in [-0.2, -0.15) is 0 Å². The summed E-state index contributed by atoms with van der Waals surface area (Å²) in [7, 11) is 3.42. The van der Waals surface area contributed by atoms with Gasteiger partial charge in [0.15, 0.2) is 0 Å². The molecule has 0 aromatic heterocycles. The average Bonchev–Trinajstić information content (AvgIpc) is 2.94. The van der Waals surface area contributed by atoms with Crippen molar-refractivity contribution in [2.24, 2.45) is 5.73 Å². The lowest BCUT2D eigenvalue weighted by Gasteiger charge is -2.28. The molecule has 0 aliphatic carbocycles. The molecule has 2 amide bonds. The molecule has 1 aliphatic rings. The van der Waals surface area contributed by atoms with E-state index in [1.165, 1.54) is 4.90 Å². The number of benzene rings is 1. The van der Waals surface area contributed by atoms with Crippen LogP contribution in [0.25, 0.3) is 0 Å². The second kappa shape index (κ2) is 6.05. The molecule has 2 atom stereocenters. The molecule has 1 heterocycles. The van der Waals surface area contributed by atoms with Crippen molar-refractivity contribution >= 4 is 11.8 Å². The molecule has 1 fully saturated rings. The summed E-state index contributed by atoms with van der Waals surface area (Å²) in [6.45, 7) is 0.601. The number of hydrogen-bond donors (Lipinski definition) is 1. The van der Waals surface area contributed by atoms with Gasteiger partial charge in [-0.25, -0.2) is 0 Å². The van der Waals surface area contributed by atoms with Crippen LogP contribution in [0.15, 0.2) is 30.3 Å². The van der Waals surface area contributed by atoms with Crippen LogP contribution in [0.4, 0.5) is 0 Å². The van der Waals surface area contributed by atoms with Crippen molar-refractivity contribution in [1.82, 2.24) is 9.80 Å². The third-order valence-corrected chi connectivity index (χ3v) is 3.69. The van der Waals surface area contributed by atoms with Crippen molar-refractivity contribution in [3.05, 3.63) is 35.9 Å². The Labute approximate surface area is 119 Å². The third kappa shape index (κ3) is 2.82. The van der Waals surface area contributed by atoms with Crippen LogP contribution in [-0.4, -0.2) is 48.3 Å². The minimum absolute atomic E-state index is 0.0314. The average molecular weight is 275 g/mol. The van der Waals surface area contributed by atoms with E-state index in [0.29, 0.717) is 13.0 Å². The van der Waals surface area contributed by atoms with Crippen LogP contribution < -0.4 is 5.73 Å². The third-order valence-electron chi connectivity index (χ3n) is 3.69. The fourth-order valence-corrected chi connectivity index (χ4v) is 2.57. The number of likely N-dealkylation sites (N-methyl/N-ethyl adjacent to an activating group) is 1. The molecule has 1 unspecified atom stereocenters. The Morgan fingerprint density at radius 3 is 2.55 bits per heavy atom. The van der Waals surface area contributed by atoms with Crippen LogP contribution in [0.2, 0.25) is 0 Å². The van der Waals surface area contributed by atoms with Crippen LogP contribution >= 0.6 is 0 Å². The van der Waals surface area contributed by atoms with Crippen molar-refractivity contribution in [3.63, 3.8) is 0 Å². The van der Waals surface area contributed by atoms with Crippen molar-refractivity contribution in [3.8, 4) is 0 Å². The van der Waals surface area contributed by atoms with Crippen molar-refractivity contribution in [2.75, 3.05) is 20.6 Å². The maximum atomic E-state index is 12.5. The van der Waals surface area contributed by atoms with Gasteiger partial charge in [-0.3, -0.25) is 9.59 Å². The van der Waals surface area contributed by atoms with Gasteiger partial charge in [-0.05, 0) is 18.4 Å². The molecule has 5 heteroatoms. The van der Waals surface area contributed by atoms with Gasteiger partial charge in [0, 0.05) is 20.6 Å². The van der Waals surface area contributed by atoms with E-state index in [-0.39, 0.29) is 17.9 Å². The zero-order chi connectivity index (χ0) is 14.7. The molecule has 1 saturated heterocycles. The lowest BCUT2D eigenvalue weighted by Crippen LogP contribution is -2.48. The predicted molar refractivity (Wildman–Crippen MR) is 76.8 cm³/mol. The van der Waals surface area contributed by atoms with E-state index in [2.05, 4.69) is 0 Å². The lowest BCUT2D eigenvalue weighted by molar-refractivity contribution is -0.143. The van der Waals surface area contributed by atoms with Crippen LogP contribution in [-0.2, 0) is 9.59 Å². The van der Waals surface area contributed by atoms with E-state index < -0.39 is 6.04 Å². The van der Waals surface area contributed by atoms with E-state index in [9.17, 15) is 9.59 Å². The van der Waals surface area contributed by atoms with Crippen molar-refractivity contribution in [2.45, 2.75) is 24.9 Å². The van der Waals surface area contributed by atoms with Crippen LogP contribution in [0.1, 0.15) is 24.4 Å². The van der Waals surface area contributed by atoms with Crippen molar-refractivity contribution in [1.29, 1.82) is 0 Å². The summed E-state index contributed by atoms with van der Waals surface area (Å²) in [4.78, 5) is 27.8. The lowest BCUT2D eigenvalue weighted by atomic mass is 10.1. The molecule has 5 nitrogen and oxygen atoms in total. The minimum atomic E-state index is -0.702. The largest absolute Gasteiger partial charge is 0.347 e. The first-order valence-electron chi connectivity index (χ1n) is 6.84. The molecule has 108 valence electrons. The number of likely N-dealkylation sites (tertiary alicyclic amines) is 1. The summed E-state index contributed by atoms with van der Waals surface area (Å²) in [5.41, 5.74) is 6.82. The molecule has 2 rings (SSSR count). The highest BCUT2D eigenvalue weighted by molar-refractivity contribution is 5.90. The van der Waals surface area contributed by atoms with Gasteiger partial charge in [0.05, 0.1) is 0 Å². The number of amides is 2. The Morgan fingerprint density at radius 2 is 1.95 bits per heavy atom. The normalized spacial score (nSPS) is 19.8. The summed E-state index contributed by atoms with van der Waals surface area (Å²) in [6.07, 6.45) is 1.56. The molecular formula is C15H21N3O2. The van der Waals surface area contributed by atoms with E-state index >= 15 is 0 Å². The zero-order valence-corrected chi connectivity index (χ0v) is 12.0. The molecule has 2 N–H and O–H groups in total. The first kappa shape index (κ1) is 14.5. The topological polar surface area (TPSA) is 66.6 Å². The highest BCUT2D eigenvalue weighted by Crippen LogP contribution is 2.23. The van der Waals surface area contributed by atoms with Crippen LogP contribution in [0.3, 0.4) is 0 Å². The van der Waals surface area contributed by atoms with Gasteiger partial charge in [0.1, 0.15) is 12.1 Å². The quantitative estimate of drug-likeness (QED) is 0.886. The van der Waals surface area contributed by atoms with E-state index in [4.69, 9.17) is 5.73 Å². The van der Waals surface area contributed by atoms with Gasteiger partial charge in [0.25, 0.3) is 0 Å². The first-order valence-corrected chi connectivity index (χ1v) is 6.84. The number of nitrogens with zero attached hydrogens (tertiary/aromatic N) is 2. The molecule has 20 heavy (non-hydrogen) atoms. The first-order chi connectivity index (χ1) is 9.52. The smallest absolute Gasteiger partial charge is 0.244 e. The standard InChI is InChI=1S/C15H21N3O2/c1-17(2)14(19)12-9-6-10-18(12)15(20)13(16)11-7-4-3-5-8-11/h3-5,7-8,12-13H,6,9-10,16H2,1-2H3/t12?,13-/m0/s1. The zero-order valence-electron chi connectivity index (χ0n) is 12.0.